The van der Waals surface area contributed by atoms with Gasteiger partial charge in [0.25, 0.3) is 0 Å². The lowest BCUT2D eigenvalue weighted by Crippen LogP contribution is -2.53. The molecule has 3 rings (SSSR count). The van der Waals surface area contributed by atoms with Crippen molar-refractivity contribution in [2.45, 2.75) is 32.2 Å². The molecule has 0 radical (unpaired) electrons. The first kappa shape index (κ1) is 12.5. The van der Waals surface area contributed by atoms with Crippen LogP contribution in [-0.4, -0.2) is 57.2 Å². The Balaban J connectivity index is 1.62. The van der Waals surface area contributed by atoms with Crippen molar-refractivity contribution >= 4 is 5.91 Å². The van der Waals surface area contributed by atoms with E-state index in [1.165, 1.54) is 30.3 Å². The third-order valence-electron chi connectivity index (χ3n) is 4.26. The molecular weight excluding hydrogens is 244 g/mol. The van der Waals surface area contributed by atoms with E-state index in [1.54, 1.807) is 0 Å². The van der Waals surface area contributed by atoms with Crippen LogP contribution in [-0.2, 0) is 11.3 Å². The molecule has 3 heterocycles. The zero-order valence-corrected chi connectivity index (χ0v) is 11.1. The Morgan fingerprint density at radius 2 is 2.26 bits per heavy atom. The van der Waals surface area contributed by atoms with Crippen LogP contribution in [0.3, 0.4) is 0 Å². The number of aromatic nitrogens is 4. The summed E-state index contributed by atoms with van der Waals surface area (Å²) >= 11 is 0. The third-order valence-corrected chi connectivity index (χ3v) is 4.26. The van der Waals surface area contributed by atoms with E-state index < -0.39 is 0 Å². The summed E-state index contributed by atoms with van der Waals surface area (Å²) in [6.07, 6.45) is 6.27. The molecule has 7 nitrogen and oxygen atoms in total. The zero-order chi connectivity index (χ0) is 13.1. The highest BCUT2D eigenvalue weighted by molar-refractivity contribution is 5.76. The fourth-order valence-electron chi connectivity index (χ4n) is 3.29. The van der Waals surface area contributed by atoms with Crippen molar-refractivity contribution in [1.29, 1.82) is 0 Å². The lowest BCUT2D eigenvalue weighted by Gasteiger charge is -2.45. The highest BCUT2D eigenvalue weighted by Crippen LogP contribution is 2.35. The summed E-state index contributed by atoms with van der Waals surface area (Å²) < 4.78 is 1.49. The Labute approximate surface area is 112 Å². The van der Waals surface area contributed by atoms with Gasteiger partial charge in [-0.2, -0.15) is 0 Å². The van der Waals surface area contributed by atoms with Gasteiger partial charge < -0.3 is 10.2 Å². The average Bonchev–Trinajstić information content (AvgIpc) is 2.92. The Bertz CT molecular complexity index is 420. The predicted octanol–water partition coefficient (Wildman–Crippen LogP) is -0.335. The van der Waals surface area contributed by atoms with Crippen LogP contribution >= 0.6 is 0 Å². The van der Waals surface area contributed by atoms with E-state index in [0.29, 0.717) is 5.41 Å². The fourth-order valence-corrected chi connectivity index (χ4v) is 3.29. The van der Waals surface area contributed by atoms with E-state index in [9.17, 15) is 4.79 Å². The summed E-state index contributed by atoms with van der Waals surface area (Å²) in [7, 11) is 0. The summed E-state index contributed by atoms with van der Waals surface area (Å²) in [4.78, 5) is 14.3. The number of amides is 1. The molecule has 1 amide bonds. The van der Waals surface area contributed by atoms with Crippen molar-refractivity contribution in [3.63, 3.8) is 0 Å². The molecule has 0 saturated carbocycles. The third kappa shape index (κ3) is 2.75. The smallest absolute Gasteiger partial charge is 0.244 e. The average molecular weight is 264 g/mol. The van der Waals surface area contributed by atoms with Gasteiger partial charge in [-0.3, -0.25) is 4.79 Å². The van der Waals surface area contributed by atoms with Crippen molar-refractivity contribution in [1.82, 2.24) is 30.4 Å². The summed E-state index contributed by atoms with van der Waals surface area (Å²) in [5, 5.41) is 14.3. The van der Waals surface area contributed by atoms with E-state index in [-0.39, 0.29) is 12.5 Å². The van der Waals surface area contributed by atoms with Gasteiger partial charge in [0, 0.05) is 25.0 Å². The Morgan fingerprint density at radius 3 is 3.00 bits per heavy atom. The summed E-state index contributed by atoms with van der Waals surface area (Å²) in [5.41, 5.74) is 0.298. The first-order valence-corrected chi connectivity index (χ1v) is 6.97. The van der Waals surface area contributed by atoms with Crippen LogP contribution in [0.15, 0.2) is 6.33 Å². The second-order valence-electron chi connectivity index (χ2n) is 5.71. The van der Waals surface area contributed by atoms with Crippen molar-refractivity contribution in [3.8, 4) is 0 Å². The number of tetrazole rings is 1. The van der Waals surface area contributed by atoms with Crippen LogP contribution < -0.4 is 5.32 Å². The minimum atomic E-state index is 0.122. The van der Waals surface area contributed by atoms with E-state index in [0.717, 1.165) is 32.6 Å². The lowest BCUT2D eigenvalue weighted by molar-refractivity contribution is -0.136. The largest absolute Gasteiger partial charge is 0.340 e. The summed E-state index contributed by atoms with van der Waals surface area (Å²) in [5.74, 6) is 0.122. The lowest BCUT2D eigenvalue weighted by atomic mass is 9.74. The number of nitrogens with one attached hydrogen (secondary N) is 1. The Hall–Kier alpha value is -1.50. The summed E-state index contributed by atoms with van der Waals surface area (Å²) in [6, 6.07) is 0. The molecule has 104 valence electrons. The quantitative estimate of drug-likeness (QED) is 0.791. The van der Waals surface area contributed by atoms with Crippen molar-refractivity contribution < 1.29 is 4.79 Å². The standard InChI is InChI=1S/C12H20N6O/c19-11(7-18-10-14-15-16-18)17-6-2-4-12(9-17)3-1-5-13-8-12/h10,13H,1-9H2. The first-order chi connectivity index (χ1) is 9.27. The Morgan fingerprint density at radius 1 is 1.37 bits per heavy atom. The van der Waals surface area contributed by atoms with Gasteiger partial charge in [-0.05, 0) is 42.7 Å². The number of carbonyl (C=O) groups is 1. The van der Waals surface area contributed by atoms with Crippen LogP contribution in [0.1, 0.15) is 25.7 Å². The highest BCUT2D eigenvalue weighted by atomic mass is 16.2. The SMILES string of the molecule is O=C(Cn1cnnn1)N1CCCC2(CCCNC2)C1. The minimum Gasteiger partial charge on any atom is -0.340 e. The molecule has 1 N–H and O–H groups in total. The molecule has 2 aliphatic rings. The fraction of sp³-hybridized carbons (Fsp3) is 0.833. The van der Waals surface area contributed by atoms with Gasteiger partial charge in [-0.15, -0.1) is 5.10 Å². The molecule has 1 unspecified atom stereocenters. The minimum absolute atomic E-state index is 0.122. The Kier molecular flexibility index (Phi) is 3.46. The molecule has 1 spiro atoms. The van der Waals surface area contributed by atoms with E-state index in [2.05, 4.69) is 20.8 Å². The number of piperidine rings is 2. The predicted molar refractivity (Wildman–Crippen MR) is 68.2 cm³/mol. The number of rotatable bonds is 2. The number of hydrogen-bond donors (Lipinski definition) is 1. The molecule has 0 aliphatic carbocycles. The van der Waals surface area contributed by atoms with E-state index >= 15 is 0 Å². The number of hydrogen-bond acceptors (Lipinski definition) is 5. The van der Waals surface area contributed by atoms with Crippen LogP contribution in [0.25, 0.3) is 0 Å². The second kappa shape index (κ2) is 5.24. The van der Waals surface area contributed by atoms with Gasteiger partial charge >= 0.3 is 0 Å². The van der Waals surface area contributed by atoms with E-state index in [4.69, 9.17) is 0 Å². The molecule has 1 aromatic heterocycles. The number of likely N-dealkylation sites (tertiary alicyclic amines) is 1. The number of nitrogens with zero attached hydrogens (tertiary/aromatic N) is 5. The van der Waals surface area contributed by atoms with Gasteiger partial charge in [0.15, 0.2) is 0 Å². The molecule has 0 bridgehead atoms. The van der Waals surface area contributed by atoms with Crippen molar-refractivity contribution in [2.24, 2.45) is 5.41 Å². The molecule has 19 heavy (non-hydrogen) atoms. The molecule has 1 aromatic rings. The van der Waals surface area contributed by atoms with Crippen LogP contribution in [0, 0.1) is 5.41 Å². The molecule has 2 fully saturated rings. The normalized spacial score (nSPS) is 27.7. The number of carbonyl (C=O) groups excluding carboxylic acids is 1. The highest BCUT2D eigenvalue weighted by Gasteiger charge is 2.37. The monoisotopic (exact) mass is 264 g/mol. The van der Waals surface area contributed by atoms with E-state index in [1.807, 2.05) is 4.90 Å². The van der Waals surface area contributed by atoms with Gasteiger partial charge in [-0.25, -0.2) is 4.68 Å². The van der Waals surface area contributed by atoms with Crippen LogP contribution in [0.2, 0.25) is 0 Å². The molecule has 7 heteroatoms. The molecule has 1 atom stereocenters. The van der Waals surface area contributed by atoms with Crippen LogP contribution in [0.4, 0.5) is 0 Å². The zero-order valence-electron chi connectivity index (χ0n) is 11.1. The van der Waals surface area contributed by atoms with Crippen molar-refractivity contribution in [2.75, 3.05) is 26.2 Å². The molecular formula is C12H20N6O. The van der Waals surface area contributed by atoms with Gasteiger partial charge in [-0.1, -0.05) is 0 Å². The van der Waals surface area contributed by atoms with Crippen molar-refractivity contribution in [3.05, 3.63) is 6.33 Å². The van der Waals surface area contributed by atoms with Crippen LogP contribution in [0.5, 0.6) is 0 Å². The molecule has 2 saturated heterocycles. The van der Waals surface area contributed by atoms with Gasteiger partial charge in [0.2, 0.25) is 5.91 Å². The molecule has 0 aromatic carbocycles. The van der Waals surface area contributed by atoms with Gasteiger partial charge in [0.1, 0.15) is 12.9 Å². The summed E-state index contributed by atoms with van der Waals surface area (Å²) in [6.45, 7) is 4.14. The maximum Gasteiger partial charge on any atom is 0.244 e. The van der Waals surface area contributed by atoms with Gasteiger partial charge in [0.05, 0.1) is 0 Å². The second-order valence-corrected chi connectivity index (χ2v) is 5.71. The maximum atomic E-state index is 12.3. The maximum absolute atomic E-state index is 12.3. The first-order valence-electron chi connectivity index (χ1n) is 6.97. The topological polar surface area (TPSA) is 75.9 Å². The molecule has 2 aliphatic heterocycles.